The lowest BCUT2D eigenvalue weighted by atomic mass is 10.0. The van der Waals surface area contributed by atoms with Crippen molar-refractivity contribution in [3.8, 4) is 22.8 Å². The molecule has 0 unspecified atom stereocenters. The second kappa shape index (κ2) is 9.61. The second-order valence-electron chi connectivity index (χ2n) is 7.65. The van der Waals surface area contributed by atoms with Crippen molar-refractivity contribution in [3.63, 3.8) is 0 Å². The van der Waals surface area contributed by atoms with E-state index in [9.17, 15) is 9.59 Å². The number of hydrogen-bond donors (Lipinski definition) is 1. The fourth-order valence-electron chi connectivity index (χ4n) is 3.52. The second-order valence-corrected chi connectivity index (χ2v) is 7.65. The molecule has 0 radical (unpaired) electrons. The summed E-state index contributed by atoms with van der Waals surface area (Å²) in [7, 11) is 0. The fraction of sp³-hybridized carbons (Fsp3) is 0.185. The summed E-state index contributed by atoms with van der Waals surface area (Å²) >= 11 is 0. The Kier molecular flexibility index (Phi) is 6.45. The highest BCUT2D eigenvalue weighted by Gasteiger charge is 2.20. The Hall–Kier alpha value is -4.06. The molecule has 0 aliphatic carbocycles. The van der Waals surface area contributed by atoms with Gasteiger partial charge in [0.25, 0.3) is 5.91 Å². The number of carbonyl (C=O) groups is 1. The zero-order chi connectivity index (χ0) is 23.4. The van der Waals surface area contributed by atoms with Gasteiger partial charge in [0.05, 0.1) is 17.7 Å². The Labute approximate surface area is 191 Å². The molecule has 33 heavy (non-hydrogen) atoms. The molecule has 0 aliphatic rings. The SMILES string of the molecule is CCOc1ccccc1NC(=O)COc1c(-c2ccccc2)oc2cc(C)c(C)cc2c1=O. The van der Waals surface area contributed by atoms with Crippen LogP contribution in [0.5, 0.6) is 11.5 Å². The van der Waals surface area contributed by atoms with E-state index in [1.165, 1.54) is 0 Å². The van der Waals surface area contributed by atoms with E-state index in [1.807, 2.05) is 63.2 Å². The van der Waals surface area contributed by atoms with Crippen LogP contribution >= 0.6 is 0 Å². The van der Waals surface area contributed by atoms with Crippen LogP contribution in [0.3, 0.4) is 0 Å². The average molecular weight is 443 g/mol. The quantitative estimate of drug-likeness (QED) is 0.408. The molecule has 1 heterocycles. The van der Waals surface area contributed by atoms with Crippen LogP contribution in [0.1, 0.15) is 18.1 Å². The molecule has 3 aromatic carbocycles. The molecule has 0 spiro atoms. The van der Waals surface area contributed by atoms with E-state index < -0.39 is 5.91 Å². The third-order valence-electron chi connectivity index (χ3n) is 5.31. The molecular formula is C27H25NO5. The van der Waals surface area contributed by atoms with Crippen LogP contribution in [0.15, 0.2) is 75.9 Å². The van der Waals surface area contributed by atoms with Crippen molar-refractivity contribution in [2.24, 2.45) is 0 Å². The third-order valence-corrected chi connectivity index (χ3v) is 5.31. The van der Waals surface area contributed by atoms with E-state index >= 15 is 0 Å². The van der Waals surface area contributed by atoms with Gasteiger partial charge in [-0.15, -0.1) is 0 Å². The minimum atomic E-state index is -0.416. The smallest absolute Gasteiger partial charge is 0.262 e. The molecule has 4 rings (SSSR count). The van der Waals surface area contributed by atoms with E-state index in [-0.39, 0.29) is 17.8 Å². The van der Waals surface area contributed by atoms with Gasteiger partial charge in [-0.25, -0.2) is 0 Å². The van der Waals surface area contributed by atoms with Gasteiger partial charge in [0.1, 0.15) is 11.3 Å². The number of hydrogen-bond acceptors (Lipinski definition) is 5. The van der Waals surface area contributed by atoms with Crippen LogP contribution in [0.2, 0.25) is 0 Å². The van der Waals surface area contributed by atoms with Crippen molar-refractivity contribution in [2.75, 3.05) is 18.5 Å². The first-order chi connectivity index (χ1) is 16.0. The first-order valence-electron chi connectivity index (χ1n) is 10.8. The molecule has 1 amide bonds. The fourth-order valence-corrected chi connectivity index (χ4v) is 3.52. The molecule has 4 aromatic rings. The van der Waals surface area contributed by atoms with Crippen molar-refractivity contribution in [1.82, 2.24) is 0 Å². The summed E-state index contributed by atoms with van der Waals surface area (Å²) in [5, 5.41) is 3.19. The number of benzene rings is 3. The van der Waals surface area contributed by atoms with Crippen molar-refractivity contribution >= 4 is 22.6 Å². The van der Waals surface area contributed by atoms with Crippen molar-refractivity contribution in [3.05, 3.63) is 88.1 Å². The van der Waals surface area contributed by atoms with Gasteiger partial charge in [0.2, 0.25) is 11.2 Å². The zero-order valence-corrected chi connectivity index (χ0v) is 18.8. The van der Waals surface area contributed by atoms with Crippen molar-refractivity contribution in [2.45, 2.75) is 20.8 Å². The minimum Gasteiger partial charge on any atom is -0.492 e. The topological polar surface area (TPSA) is 77.8 Å². The molecule has 0 bridgehead atoms. The highest BCUT2D eigenvalue weighted by Crippen LogP contribution is 2.32. The predicted molar refractivity (Wildman–Crippen MR) is 129 cm³/mol. The minimum absolute atomic E-state index is 0.00481. The van der Waals surface area contributed by atoms with Gasteiger partial charge in [-0.3, -0.25) is 9.59 Å². The number of aryl methyl sites for hydroxylation is 2. The molecule has 1 aromatic heterocycles. The Morgan fingerprint density at radius 1 is 0.939 bits per heavy atom. The van der Waals surface area contributed by atoms with Gasteiger partial charge in [-0.1, -0.05) is 42.5 Å². The number of fused-ring (bicyclic) bond motifs is 1. The van der Waals surface area contributed by atoms with Gasteiger partial charge in [0, 0.05) is 5.56 Å². The standard InChI is InChI=1S/C27H25NO5/c1-4-31-22-13-9-8-12-21(22)28-24(29)16-32-27-25(30)20-14-17(2)18(3)15-23(20)33-26(27)19-10-6-5-7-11-19/h5-15H,4,16H2,1-3H3,(H,28,29). The average Bonchev–Trinajstić information content (AvgIpc) is 2.82. The number of carbonyl (C=O) groups excluding carboxylic acids is 1. The molecule has 0 fully saturated rings. The summed E-state index contributed by atoms with van der Waals surface area (Å²) in [6.07, 6.45) is 0. The molecule has 1 N–H and O–H groups in total. The van der Waals surface area contributed by atoms with Gasteiger partial charge in [0.15, 0.2) is 12.4 Å². The maximum atomic E-state index is 13.4. The summed E-state index contributed by atoms with van der Waals surface area (Å²) in [4.78, 5) is 26.0. The van der Waals surface area contributed by atoms with Crippen LogP contribution in [-0.2, 0) is 4.79 Å². The van der Waals surface area contributed by atoms with Gasteiger partial charge in [-0.05, 0) is 56.2 Å². The summed E-state index contributed by atoms with van der Waals surface area (Å²) < 4.78 is 17.4. The highest BCUT2D eigenvalue weighted by atomic mass is 16.5. The van der Waals surface area contributed by atoms with E-state index in [2.05, 4.69) is 5.32 Å². The summed E-state index contributed by atoms with van der Waals surface area (Å²) in [6, 6.07) is 20.0. The lowest BCUT2D eigenvalue weighted by molar-refractivity contribution is -0.118. The molecular weight excluding hydrogens is 418 g/mol. The third kappa shape index (κ3) is 4.75. The Bertz CT molecular complexity index is 1360. The first kappa shape index (κ1) is 22.1. The van der Waals surface area contributed by atoms with Crippen molar-refractivity contribution in [1.29, 1.82) is 0 Å². The lowest BCUT2D eigenvalue weighted by Crippen LogP contribution is -2.23. The molecule has 6 heteroatoms. The van der Waals surface area contributed by atoms with E-state index in [0.717, 1.165) is 11.1 Å². The summed E-state index contributed by atoms with van der Waals surface area (Å²) in [5.41, 5.74) is 3.37. The monoisotopic (exact) mass is 443 g/mol. The van der Waals surface area contributed by atoms with Crippen LogP contribution in [0, 0.1) is 13.8 Å². The molecule has 168 valence electrons. The van der Waals surface area contributed by atoms with Crippen LogP contribution in [0.4, 0.5) is 5.69 Å². The predicted octanol–water partition coefficient (Wildman–Crippen LogP) is 5.49. The molecule has 0 aliphatic heterocycles. The number of anilines is 1. The van der Waals surface area contributed by atoms with E-state index in [1.54, 1.807) is 24.3 Å². The van der Waals surface area contributed by atoms with Crippen LogP contribution < -0.4 is 20.2 Å². The molecule has 6 nitrogen and oxygen atoms in total. The number of ether oxygens (including phenoxy) is 2. The van der Waals surface area contributed by atoms with Gasteiger partial charge < -0.3 is 19.2 Å². The Morgan fingerprint density at radius 3 is 2.39 bits per heavy atom. The largest absolute Gasteiger partial charge is 0.492 e. The number of nitrogens with one attached hydrogen (secondary N) is 1. The number of amides is 1. The Balaban J connectivity index is 1.68. The van der Waals surface area contributed by atoms with Crippen LogP contribution in [-0.4, -0.2) is 19.1 Å². The maximum absolute atomic E-state index is 13.4. The molecule has 0 saturated carbocycles. The summed E-state index contributed by atoms with van der Waals surface area (Å²) in [6.45, 7) is 5.88. The first-order valence-corrected chi connectivity index (χ1v) is 10.8. The zero-order valence-electron chi connectivity index (χ0n) is 18.8. The van der Waals surface area contributed by atoms with Crippen molar-refractivity contribution < 1.29 is 18.7 Å². The molecule has 0 saturated heterocycles. The normalized spacial score (nSPS) is 10.8. The van der Waals surface area contributed by atoms with Gasteiger partial charge in [-0.2, -0.15) is 0 Å². The molecule has 0 atom stereocenters. The summed E-state index contributed by atoms with van der Waals surface area (Å²) in [5.74, 6) is 0.444. The Morgan fingerprint density at radius 2 is 1.64 bits per heavy atom. The number of para-hydroxylation sites is 2. The van der Waals surface area contributed by atoms with Crippen LogP contribution in [0.25, 0.3) is 22.3 Å². The highest BCUT2D eigenvalue weighted by molar-refractivity contribution is 5.93. The maximum Gasteiger partial charge on any atom is 0.262 e. The van der Waals surface area contributed by atoms with E-state index in [4.69, 9.17) is 13.9 Å². The van der Waals surface area contributed by atoms with Gasteiger partial charge >= 0.3 is 0 Å². The van der Waals surface area contributed by atoms with E-state index in [0.29, 0.717) is 40.3 Å². The lowest BCUT2D eigenvalue weighted by Gasteiger charge is -2.14. The number of rotatable bonds is 7.